The number of aromatic nitrogens is 2. The van der Waals surface area contributed by atoms with Gasteiger partial charge in [-0.25, -0.2) is 0 Å². The van der Waals surface area contributed by atoms with Crippen LogP contribution in [-0.2, 0) is 26.3 Å². The van der Waals surface area contributed by atoms with Gasteiger partial charge in [0.25, 0.3) is 0 Å². The van der Waals surface area contributed by atoms with Crippen molar-refractivity contribution in [1.29, 1.82) is 0 Å². The normalized spacial score (nSPS) is 11.7. The van der Waals surface area contributed by atoms with Crippen molar-refractivity contribution in [3.05, 3.63) is 53.9 Å². The summed E-state index contributed by atoms with van der Waals surface area (Å²) >= 11 is 0. The molecular formula is C15H21N2O3P. The van der Waals surface area contributed by atoms with Crippen LogP contribution in [0.15, 0.2) is 42.7 Å². The van der Waals surface area contributed by atoms with E-state index in [1.807, 2.05) is 55.1 Å². The molecule has 0 radical (unpaired) electrons. The molecule has 0 bridgehead atoms. The summed E-state index contributed by atoms with van der Waals surface area (Å²) in [5, 5.41) is 4.30. The number of benzene rings is 1. The van der Waals surface area contributed by atoms with Crippen molar-refractivity contribution >= 4 is 7.60 Å². The van der Waals surface area contributed by atoms with Crippen molar-refractivity contribution in [3.8, 4) is 0 Å². The van der Waals surface area contributed by atoms with Gasteiger partial charge in [-0.15, -0.1) is 0 Å². The molecule has 1 aromatic carbocycles. The first kappa shape index (κ1) is 16.0. The minimum atomic E-state index is -3.06. The lowest BCUT2D eigenvalue weighted by molar-refractivity contribution is 0.219. The molecule has 0 amide bonds. The predicted octanol–water partition coefficient (Wildman–Crippen LogP) is 3.70. The molecule has 2 rings (SSSR count). The van der Waals surface area contributed by atoms with E-state index < -0.39 is 7.60 Å². The minimum absolute atomic E-state index is 0.253. The van der Waals surface area contributed by atoms with E-state index in [-0.39, 0.29) is 6.16 Å². The van der Waals surface area contributed by atoms with Crippen LogP contribution < -0.4 is 0 Å². The van der Waals surface area contributed by atoms with Gasteiger partial charge in [0, 0.05) is 11.8 Å². The van der Waals surface area contributed by atoms with Gasteiger partial charge < -0.3 is 9.05 Å². The van der Waals surface area contributed by atoms with E-state index in [9.17, 15) is 4.57 Å². The second-order valence-electron chi connectivity index (χ2n) is 4.64. The van der Waals surface area contributed by atoms with Crippen LogP contribution >= 0.6 is 7.60 Å². The largest absolute Gasteiger partial charge is 0.335 e. The summed E-state index contributed by atoms with van der Waals surface area (Å²) in [6.07, 6.45) is 3.86. The maximum Gasteiger partial charge on any atom is 0.335 e. The highest BCUT2D eigenvalue weighted by Crippen LogP contribution is 2.51. The molecule has 5 nitrogen and oxygen atoms in total. The molecule has 0 aliphatic heterocycles. The van der Waals surface area contributed by atoms with Crippen LogP contribution in [0.2, 0.25) is 0 Å². The molecule has 1 heterocycles. The van der Waals surface area contributed by atoms with Crippen LogP contribution in [0.5, 0.6) is 0 Å². The third-order valence-corrected chi connectivity index (χ3v) is 4.96. The van der Waals surface area contributed by atoms with Gasteiger partial charge in [-0.05, 0) is 19.4 Å². The van der Waals surface area contributed by atoms with E-state index in [4.69, 9.17) is 9.05 Å². The molecule has 21 heavy (non-hydrogen) atoms. The van der Waals surface area contributed by atoms with Crippen molar-refractivity contribution < 1.29 is 13.6 Å². The summed E-state index contributed by atoms with van der Waals surface area (Å²) in [6.45, 7) is 5.05. The summed E-state index contributed by atoms with van der Waals surface area (Å²) in [4.78, 5) is 0. The first-order chi connectivity index (χ1) is 10.1. The smallest absolute Gasteiger partial charge is 0.309 e. The second-order valence-corrected chi connectivity index (χ2v) is 6.69. The summed E-state index contributed by atoms with van der Waals surface area (Å²) in [7, 11) is -3.06. The Kier molecular flexibility index (Phi) is 5.74. The lowest BCUT2D eigenvalue weighted by atomic mass is 10.2. The van der Waals surface area contributed by atoms with Crippen molar-refractivity contribution in [2.75, 3.05) is 13.2 Å². The number of rotatable bonds is 8. The van der Waals surface area contributed by atoms with Gasteiger partial charge in [0.15, 0.2) is 0 Å². The summed E-state index contributed by atoms with van der Waals surface area (Å²) in [5.41, 5.74) is 2.03. The molecular weight excluding hydrogens is 287 g/mol. The van der Waals surface area contributed by atoms with Gasteiger partial charge in [-0.1, -0.05) is 30.3 Å². The molecule has 0 unspecified atom stereocenters. The molecule has 0 fully saturated rings. The molecule has 2 aromatic rings. The predicted molar refractivity (Wildman–Crippen MR) is 82.3 cm³/mol. The molecule has 0 atom stereocenters. The second kappa shape index (κ2) is 7.55. The van der Waals surface area contributed by atoms with E-state index in [0.29, 0.717) is 19.8 Å². The zero-order valence-corrected chi connectivity index (χ0v) is 13.3. The molecule has 0 spiro atoms. The number of nitrogens with zero attached hydrogens (tertiary/aromatic N) is 2. The van der Waals surface area contributed by atoms with Gasteiger partial charge in [-0.3, -0.25) is 9.25 Å². The molecule has 0 saturated carbocycles. The van der Waals surface area contributed by atoms with Crippen LogP contribution in [0.1, 0.15) is 25.0 Å². The summed E-state index contributed by atoms with van der Waals surface area (Å²) in [6, 6.07) is 10.1. The standard InChI is InChI=1S/C15H21N2O3P/c1-3-19-21(18,20-4-2)13-15-10-16-17(12-15)11-14-8-6-5-7-9-14/h5-10,12H,3-4,11,13H2,1-2H3. The zero-order valence-electron chi connectivity index (χ0n) is 12.4. The van der Waals surface area contributed by atoms with Gasteiger partial charge in [0.1, 0.15) is 0 Å². The average molecular weight is 308 g/mol. The zero-order chi connectivity index (χ0) is 15.1. The Morgan fingerprint density at radius 3 is 2.38 bits per heavy atom. The third kappa shape index (κ3) is 4.81. The van der Waals surface area contributed by atoms with E-state index in [2.05, 4.69) is 5.10 Å². The van der Waals surface area contributed by atoms with E-state index in [1.165, 1.54) is 5.56 Å². The Labute approximate surface area is 125 Å². The van der Waals surface area contributed by atoms with Gasteiger partial charge >= 0.3 is 7.60 Å². The highest BCUT2D eigenvalue weighted by molar-refractivity contribution is 7.53. The first-order valence-corrected chi connectivity index (χ1v) is 8.81. The summed E-state index contributed by atoms with van der Waals surface area (Å²) < 4.78 is 24.9. The quantitative estimate of drug-likeness (QED) is 0.698. The van der Waals surface area contributed by atoms with E-state index >= 15 is 0 Å². The van der Waals surface area contributed by atoms with Gasteiger partial charge in [0.05, 0.1) is 32.1 Å². The van der Waals surface area contributed by atoms with Crippen LogP contribution in [0.3, 0.4) is 0 Å². The fourth-order valence-corrected chi connectivity index (χ4v) is 3.74. The lowest BCUT2D eigenvalue weighted by Crippen LogP contribution is -2.00. The first-order valence-electron chi connectivity index (χ1n) is 7.08. The molecule has 0 N–H and O–H groups in total. The molecule has 1 aromatic heterocycles. The molecule has 6 heteroatoms. The molecule has 0 aliphatic rings. The molecule has 114 valence electrons. The maximum atomic E-state index is 12.5. The Balaban J connectivity index is 2.04. The topological polar surface area (TPSA) is 53.3 Å². The van der Waals surface area contributed by atoms with Crippen molar-refractivity contribution in [2.45, 2.75) is 26.6 Å². The monoisotopic (exact) mass is 308 g/mol. The third-order valence-electron chi connectivity index (χ3n) is 2.90. The highest BCUT2D eigenvalue weighted by atomic mass is 31.2. The lowest BCUT2D eigenvalue weighted by Gasteiger charge is -2.15. The van der Waals surface area contributed by atoms with Crippen molar-refractivity contribution in [3.63, 3.8) is 0 Å². The minimum Gasteiger partial charge on any atom is -0.309 e. The molecule has 0 aliphatic carbocycles. The van der Waals surface area contributed by atoms with Gasteiger partial charge in [-0.2, -0.15) is 5.10 Å². The Morgan fingerprint density at radius 1 is 1.10 bits per heavy atom. The fourth-order valence-electron chi connectivity index (χ4n) is 2.09. The van der Waals surface area contributed by atoms with Crippen LogP contribution in [0.4, 0.5) is 0 Å². The Hall–Kier alpha value is -1.42. The van der Waals surface area contributed by atoms with Crippen LogP contribution in [-0.4, -0.2) is 23.0 Å². The van der Waals surface area contributed by atoms with E-state index in [1.54, 1.807) is 6.20 Å². The maximum absolute atomic E-state index is 12.5. The highest BCUT2D eigenvalue weighted by Gasteiger charge is 2.24. The average Bonchev–Trinajstić information content (AvgIpc) is 2.87. The Morgan fingerprint density at radius 2 is 1.76 bits per heavy atom. The van der Waals surface area contributed by atoms with Crippen LogP contribution in [0.25, 0.3) is 0 Å². The number of hydrogen-bond acceptors (Lipinski definition) is 4. The van der Waals surface area contributed by atoms with Crippen molar-refractivity contribution in [2.24, 2.45) is 0 Å². The Bertz CT molecular complexity index is 588. The van der Waals surface area contributed by atoms with Gasteiger partial charge in [0.2, 0.25) is 0 Å². The van der Waals surface area contributed by atoms with E-state index in [0.717, 1.165) is 5.56 Å². The summed E-state index contributed by atoms with van der Waals surface area (Å²) in [5.74, 6) is 0. The van der Waals surface area contributed by atoms with Crippen molar-refractivity contribution in [1.82, 2.24) is 9.78 Å². The fraction of sp³-hybridized carbons (Fsp3) is 0.400. The SMILES string of the molecule is CCOP(=O)(Cc1cnn(Cc2ccccc2)c1)OCC. The van der Waals surface area contributed by atoms with Crippen LogP contribution in [0, 0.1) is 0 Å². The number of hydrogen-bond donors (Lipinski definition) is 0. The molecule has 0 saturated heterocycles.